The van der Waals surface area contributed by atoms with E-state index in [0.29, 0.717) is 0 Å². The van der Waals surface area contributed by atoms with Crippen molar-refractivity contribution in [3.8, 4) is 33.9 Å². The van der Waals surface area contributed by atoms with Crippen LogP contribution in [0.4, 0.5) is 0 Å². The van der Waals surface area contributed by atoms with Crippen molar-refractivity contribution in [1.82, 2.24) is 24.1 Å². The average molecular weight is 514 g/mol. The predicted octanol–water partition coefficient (Wildman–Crippen LogP) is 8.25. The first-order valence-corrected chi connectivity index (χ1v) is 13.3. The molecule has 40 heavy (non-hydrogen) atoms. The Bertz CT molecular complexity index is 2090. The van der Waals surface area contributed by atoms with Gasteiger partial charge in [0, 0.05) is 69.6 Å². The van der Waals surface area contributed by atoms with Crippen LogP contribution < -0.4 is 0 Å². The van der Waals surface area contributed by atoms with Gasteiger partial charge < -0.3 is 9.13 Å². The van der Waals surface area contributed by atoms with E-state index in [-0.39, 0.29) is 0 Å². The second-order valence-electron chi connectivity index (χ2n) is 9.85. The predicted molar refractivity (Wildman–Crippen MR) is 162 cm³/mol. The molecular weight excluding hydrogens is 490 g/mol. The van der Waals surface area contributed by atoms with Crippen LogP contribution in [0.15, 0.2) is 140 Å². The molecule has 188 valence electrons. The zero-order valence-electron chi connectivity index (χ0n) is 21.5. The normalized spacial score (nSPS) is 11.5. The fourth-order valence-electron chi connectivity index (χ4n) is 5.71. The minimum atomic E-state index is 0.863. The molecule has 0 saturated carbocycles. The Morgan fingerprint density at radius 1 is 0.525 bits per heavy atom. The van der Waals surface area contributed by atoms with Gasteiger partial charge in [0.25, 0.3) is 0 Å². The number of hydrogen-bond acceptors (Lipinski definition) is 3. The Balaban J connectivity index is 1.48. The number of pyridine rings is 3. The third kappa shape index (κ3) is 3.52. The van der Waals surface area contributed by atoms with E-state index >= 15 is 0 Å². The van der Waals surface area contributed by atoms with E-state index in [9.17, 15) is 0 Å². The van der Waals surface area contributed by atoms with E-state index in [2.05, 4.69) is 110 Å². The summed E-state index contributed by atoms with van der Waals surface area (Å²) in [6.45, 7) is 0. The molecule has 0 bridgehead atoms. The van der Waals surface area contributed by atoms with E-state index < -0.39 is 0 Å². The monoisotopic (exact) mass is 513 g/mol. The van der Waals surface area contributed by atoms with E-state index in [1.807, 2.05) is 36.7 Å². The Labute approximate surface area is 230 Å². The average Bonchev–Trinajstić information content (AvgIpc) is 3.62. The molecule has 0 saturated heterocycles. The summed E-state index contributed by atoms with van der Waals surface area (Å²) in [4.78, 5) is 13.7. The Morgan fingerprint density at radius 2 is 1.23 bits per heavy atom. The van der Waals surface area contributed by atoms with Crippen LogP contribution in [-0.4, -0.2) is 24.1 Å². The number of aromatic nitrogens is 5. The number of fused-ring (bicyclic) bond motifs is 5. The summed E-state index contributed by atoms with van der Waals surface area (Å²) in [6.07, 6.45) is 9.45. The summed E-state index contributed by atoms with van der Waals surface area (Å²) in [5.41, 5.74) is 9.34. The summed E-state index contributed by atoms with van der Waals surface area (Å²) in [7, 11) is 0. The van der Waals surface area contributed by atoms with Gasteiger partial charge in [-0.15, -0.1) is 0 Å². The Kier molecular flexibility index (Phi) is 5.07. The standard InChI is InChI=1S/C35H23N5/c1-2-10-27(11-3-1)40-33-13-5-4-12-29(33)30-15-14-24-16-19-39(34(24)35(30)40)28-20-31(25-8-6-17-36-22-25)38-32(21-28)26-9-7-18-37-23-26/h1-23H. The minimum Gasteiger partial charge on any atom is -0.314 e. The molecule has 0 aliphatic rings. The quantitative estimate of drug-likeness (QED) is 0.238. The maximum absolute atomic E-state index is 5.03. The van der Waals surface area contributed by atoms with Gasteiger partial charge in [0.1, 0.15) is 0 Å². The fourth-order valence-corrected chi connectivity index (χ4v) is 5.71. The molecule has 5 nitrogen and oxygen atoms in total. The lowest BCUT2D eigenvalue weighted by Crippen LogP contribution is -2.00. The maximum atomic E-state index is 5.03. The highest BCUT2D eigenvalue weighted by Crippen LogP contribution is 2.38. The number of rotatable bonds is 4. The van der Waals surface area contributed by atoms with Gasteiger partial charge in [0.2, 0.25) is 0 Å². The lowest BCUT2D eigenvalue weighted by molar-refractivity contribution is 1.10. The lowest BCUT2D eigenvalue weighted by Gasteiger charge is -2.14. The molecule has 3 aromatic carbocycles. The first-order valence-electron chi connectivity index (χ1n) is 13.3. The molecule has 0 aliphatic heterocycles. The molecule has 0 amide bonds. The van der Waals surface area contributed by atoms with Crippen molar-refractivity contribution in [3.05, 3.63) is 140 Å². The van der Waals surface area contributed by atoms with Crippen LogP contribution in [0.3, 0.4) is 0 Å². The van der Waals surface area contributed by atoms with E-state index in [1.54, 1.807) is 12.4 Å². The van der Waals surface area contributed by atoms with Crippen LogP contribution in [0.2, 0.25) is 0 Å². The SMILES string of the molecule is c1ccc(-n2c3ccccc3c3ccc4ccn(-c5cc(-c6cccnc6)nc(-c6cccnc6)c5)c4c32)cc1. The van der Waals surface area contributed by atoms with Crippen molar-refractivity contribution in [2.75, 3.05) is 0 Å². The summed E-state index contributed by atoms with van der Waals surface area (Å²) in [5.74, 6) is 0. The number of benzene rings is 3. The number of hydrogen-bond donors (Lipinski definition) is 0. The lowest BCUT2D eigenvalue weighted by atomic mass is 10.1. The second kappa shape index (κ2) is 9.03. The third-order valence-electron chi connectivity index (χ3n) is 7.50. The first kappa shape index (κ1) is 22.4. The van der Waals surface area contributed by atoms with Gasteiger partial charge in [-0.3, -0.25) is 9.97 Å². The zero-order valence-corrected chi connectivity index (χ0v) is 21.5. The molecule has 5 heteroatoms. The van der Waals surface area contributed by atoms with Gasteiger partial charge >= 0.3 is 0 Å². The van der Waals surface area contributed by atoms with Crippen LogP contribution in [-0.2, 0) is 0 Å². The van der Waals surface area contributed by atoms with Crippen LogP contribution in [0, 0.1) is 0 Å². The van der Waals surface area contributed by atoms with Gasteiger partial charge in [-0.1, -0.05) is 48.5 Å². The van der Waals surface area contributed by atoms with E-state index in [0.717, 1.165) is 39.4 Å². The second-order valence-corrected chi connectivity index (χ2v) is 9.85. The van der Waals surface area contributed by atoms with Gasteiger partial charge in [-0.2, -0.15) is 0 Å². The van der Waals surface area contributed by atoms with Gasteiger partial charge in [0.05, 0.1) is 27.9 Å². The third-order valence-corrected chi connectivity index (χ3v) is 7.50. The molecule has 0 unspecified atom stereocenters. The van der Waals surface area contributed by atoms with E-state index in [4.69, 9.17) is 4.98 Å². The van der Waals surface area contributed by atoms with Crippen molar-refractivity contribution in [2.45, 2.75) is 0 Å². The molecule has 5 aromatic heterocycles. The fraction of sp³-hybridized carbons (Fsp3) is 0. The Hall–Kier alpha value is -5.55. The zero-order chi connectivity index (χ0) is 26.5. The van der Waals surface area contributed by atoms with Gasteiger partial charge in [-0.25, -0.2) is 4.98 Å². The topological polar surface area (TPSA) is 48.5 Å². The highest BCUT2D eigenvalue weighted by atomic mass is 15.0. The Morgan fingerprint density at radius 3 is 1.93 bits per heavy atom. The van der Waals surface area contributed by atoms with Crippen molar-refractivity contribution >= 4 is 32.7 Å². The maximum Gasteiger partial charge on any atom is 0.0788 e. The smallest absolute Gasteiger partial charge is 0.0788 e. The van der Waals surface area contributed by atoms with Crippen LogP contribution in [0.25, 0.3) is 66.6 Å². The number of para-hydroxylation sites is 2. The van der Waals surface area contributed by atoms with Crippen LogP contribution in [0.1, 0.15) is 0 Å². The highest BCUT2D eigenvalue weighted by Gasteiger charge is 2.18. The molecule has 8 aromatic rings. The van der Waals surface area contributed by atoms with Gasteiger partial charge in [-0.05, 0) is 60.7 Å². The summed E-state index contributed by atoms with van der Waals surface area (Å²) in [5, 5.41) is 3.63. The molecule has 0 fully saturated rings. The minimum absolute atomic E-state index is 0.863. The summed E-state index contributed by atoms with van der Waals surface area (Å²) in [6, 6.07) is 38.2. The molecule has 0 N–H and O–H groups in total. The van der Waals surface area contributed by atoms with Gasteiger partial charge in [0.15, 0.2) is 0 Å². The van der Waals surface area contributed by atoms with E-state index in [1.165, 1.54) is 27.2 Å². The molecule has 0 spiro atoms. The van der Waals surface area contributed by atoms with Crippen LogP contribution >= 0.6 is 0 Å². The first-order chi connectivity index (χ1) is 19.8. The van der Waals surface area contributed by atoms with Crippen molar-refractivity contribution in [1.29, 1.82) is 0 Å². The molecule has 8 rings (SSSR count). The molecule has 5 heterocycles. The van der Waals surface area contributed by atoms with Crippen molar-refractivity contribution in [3.63, 3.8) is 0 Å². The molecule has 0 atom stereocenters. The molecule has 0 radical (unpaired) electrons. The molecule has 0 aliphatic carbocycles. The highest BCUT2D eigenvalue weighted by molar-refractivity contribution is 6.18. The molecular formula is C35H23N5. The number of nitrogens with zero attached hydrogens (tertiary/aromatic N) is 5. The van der Waals surface area contributed by atoms with Crippen molar-refractivity contribution in [2.24, 2.45) is 0 Å². The summed E-state index contributed by atoms with van der Waals surface area (Å²) < 4.78 is 4.67. The van der Waals surface area contributed by atoms with Crippen LogP contribution in [0.5, 0.6) is 0 Å². The summed E-state index contributed by atoms with van der Waals surface area (Å²) >= 11 is 0. The van der Waals surface area contributed by atoms with Crippen molar-refractivity contribution < 1.29 is 0 Å². The largest absolute Gasteiger partial charge is 0.314 e.